The van der Waals surface area contributed by atoms with Crippen LogP contribution in [-0.2, 0) is 21.4 Å². The van der Waals surface area contributed by atoms with Crippen molar-refractivity contribution in [2.75, 3.05) is 0 Å². The Hall–Kier alpha value is -2.60. The highest BCUT2D eigenvalue weighted by Gasteiger charge is 2.48. The van der Waals surface area contributed by atoms with Gasteiger partial charge in [0.25, 0.3) is 0 Å². The number of benzene rings is 2. The predicted molar refractivity (Wildman–Crippen MR) is 87.1 cm³/mol. The maximum absolute atomic E-state index is 13.0. The lowest BCUT2D eigenvalue weighted by Gasteiger charge is -2.23. The molecule has 25 heavy (non-hydrogen) atoms. The second-order valence-corrected chi connectivity index (χ2v) is 5.76. The van der Waals surface area contributed by atoms with E-state index < -0.39 is 23.2 Å². The Kier molecular flexibility index (Phi) is 4.16. The van der Waals surface area contributed by atoms with Crippen molar-refractivity contribution >= 4 is 11.4 Å². The number of carbonyl (C=O) groups is 1. The van der Waals surface area contributed by atoms with Gasteiger partial charge >= 0.3 is 6.18 Å². The average molecular weight is 347 g/mol. The lowest BCUT2D eigenvalue weighted by molar-refractivity contribution is -0.137. The van der Waals surface area contributed by atoms with E-state index in [4.69, 9.17) is 10.5 Å². The van der Waals surface area contributed by atoms with E-state index in [9.17, 15) is 18.0 Å². The van der Waals surface area contributed by atoms with Gasteiger partial charge in [-0.15, -0.1) is 0 Å². The minimum atomic E-state index is -4.50. The fourth-order valence-electron chi connectivity index (χ4n) is 2.87. The first-order chi connectivity index (χ1) is 11.8. The number of alkyl halides is 3. The summed E-state index contributed by atoms with van der Waals surface area (Å²) in [6.07, 6.45) is -4.16. The molecule has 1 atom stereocenters. The van der Waals surface area contributed by atoms with Crippen LogP contribution < -0.4 is 5.73 Å². The quantitative estimate of drug-likeness (QED) is 0.904. The Labute approximate surface area is 142 Å². The van der Waals surface area contributed by atoms with Gasteiger partial charge in [0, 0.05) is 12.0 Å². The lowest BCUT2D eigenvalue weighted by Crippen LogP contribution is -2.43. The van der Waals surface area contributed by atoms with Crippen LogP contribution >= 0.6 is 0 Å². The Morgan fingerprint density at radius 2 is 1.76 bits per heavy atom. The number of halogens is 3. The van der Waals surface area contributed by atoms with Crippen molar-refractivity contribution in [2.45, 2.75) is 25.2 Å². The van der Waals surface area contributed by atoms with Crippen molar-refractivity contribution in [1.82, 2.24) is 0 Å². The summed E-state index contributed by atoms with van der Waals surface area (Å²) >= 11 is 0. The minimum Gasteiger partial charge on any atom is -0.465 e. The number of Topliss-reactive ketones (excluding diaryl/α,β-unsaturated/α-hetero) is 1. The molecule has 1 aliphatic rings. The smallest absolute Gasteiger partial charge is 0.416 e. The molecular weight excluding hydrogens is 331 g/mol. The van der Waals surface area contributed by atoms with Gasteiger partial charge in [-0.05, 0) is 17.7 Å². The molecule has 3 rings (SSSR count). The molecule has 1 heterocycles. The van der Waals surface area contributed by atoms with Crippen LogP contribution in [0.3, 0.4) is 0 Å². The van der Waals surface area contributed by atoms with Gasteiger partial charge in [0.05, 0.1) is 11.1 Å². The summed E-state index contributed by atoms with van der Waals surface area (Å²) in [7, 11) is 0. The molecule has 1 aliphatic heterocycles. The first-order valence-electron chi connectivity index (χ1n) is 7.76. The normalized spacial score (nSPS) is 20.8. The predicted octanol–water partition coefficient (Wildman–Crippen LogP) is 4.24. The van der Waals surface area contributed by atoms with Gasteiger partial charge in [0.2, 0.25) is 11.5 Å². The van der Waals surface area contributed by atoms with Crippen LogP contribution in [0.15, 0.2) is 60.4 Å². The number of carbonyl (C=O) groups excluding carboxylic acids is 1. The van der Waals surface area contributed by atoms with Crippen LogP contribution in [0.2, 0.25) is 0 Å². The topological polar surface area (TPSA) is 52.3 Å². The molecule has 0 spiro atoms. The standard InChI is InChI=1S/C19H16F3NO2/c1-2-15-16(12-7-6-10-14(11-12)19(20,21)22)17(24)18(23,25-15)13-8-4-3-5-9-13/h3-11H,2,23H2,1H3. The molecule has 2 aromatic carbocycles. The van der Waals surface area contributed by atoms with Gasteiger partial charge in [-0.3, -0.25) is 10.5 Å². The molecule has 2 N–H and O–H groups in total. The van der Waals surface area contributed by atoms with E-state index in [2.05, 4.69) is 0 Å². The highest BCUT2D eigenvalue weighted by atomic mass is 19.4. The molecule has 0 bridgehead atoms. The van der Waals surface area contributed by atoms with Crippen molar-refractivity contribution < 1.29 is 22.7 Å². The van der Waals surface area contributed by atoms with E-state index in [0.29, 0.717) is 12.0 Å². The zero-order valence-electron chi connectivity index (χ0n) is 13.4. The Balaban J connectivity index is 2.08. The largest absolute Gasteiger partial charge is 0.465 e. The van der Waals surface area contributed by atoms with Crippen LogP contribution in [0, 0.1) is 0 Å². The molecular formula is C19H16F3NO2. The van der Waals surface area contributed by atoms with Gasteiger partial charge in [0.15, 0.2) is 0 Å². The highest BCUT2D eigenvalue weighted by Crippen LogP contribution is 2.41. The summed E-state index contributed by atoms with van der Waals surface area (Å²) in [5, 5.41) is 0. The van der Waals surface area contributed by atoms with Gasteiger partial charge < -0.3 is 4.74 Å². The van der Waals surface area contributed by atoms with E-state index in [1.165, 1.54) is 12.1 Å². The average Bonchev–Trinajstić information content (AvgIpc) is 2.87. The lowest BCUT2D eigenvalue weighted by atomic mass is 9.91. The van der Waals surface area contributed by atoms with Crippen molar-refractivity contribution in [3.63, 3.8) is 0 Å². The monoisotopic (exact) mass is 347 g/mol. The van der Waals surface area contributed by atoms with Gasteiger partial charge in [-0.2, -0.15) is 13.2 Å². The molecule has 0 saturated heterocycles. The molecule has 3 nitrogen and oxygen atoms in total. The summed E-state index contributed by atoms with van der Waals surface area (Å²) < 4.78 is 44.7. The summed E-state index contributed by atoms with van der Waals surface area (Å²) in [6.45, 7) is 1.76. The molecule has 0 saturated carbocycles. The molecule has 0 radical (unpaired) electrons. The first-order valence-corrected chi connectivity index (χ1v) is 7.76. The van der Waals surface area contributed by atoms with Crippen LogP contribution in [-0.4, -0.2) is 5.78 Å². The van der Waals surface area contributed by atoms with Gasteiger partial charge in [-0.1, -0.05) is 49.4 Å². The SMILES string of the molecule is CCC1=C(c2cccc(C(F)(F)F)c2)C(=O)C(N)(c2ccccc2)O1. The number of ether oxygens (including phenoxy) is 1. The summed E-state index contributed by atoms with van der Waals surface area (Å²) in [4.78, 5) is 13.0. The number of hydrogen-bond acceptors (Lipinski definition) is 3. The fourth-order valence-corrected chi connectivity index (χ4v) is 2.87. The van der Waals surface area contributed by atoms with Crippen molar-refractivity contribution in [1.29, 1.82) is 0 Å². The van der Waals surface area contributed by atoms with E-state index in [1.54, 1.807) is 37.3 Å². The third-order valence-electron chi connectivity index (χ3n) is 4.13. The number of hydrogen-bond donors (Lipinski definition) is 1. The number of rotatable bonds is 3. The summed E-state index contributed by atoms with van der Waals surface area (Å²) in [5.74, 6) is -0.259. The van der Waals surface area contributed by atoms with Crippen molar-refractivity contribution in [2.24, 2.45) is 5.73 Å². The zero-order chi connectivity index (χ0) is 18.2. The summed E-state index contributed by atoms with van der Waals surface area (Å²) in [5.41, 5.74) is 4.36. The number of ketones is 1. The second kappa shape index (κ2) is 6.04. The fraction of sp³-hybridized carbons (Fsp3) is 0.211. The van der Waals surface area contributed by atoms with E-state index >= 15 is 0 Å². The maximum Gasteiger partial charge on any atom is 0.416 e. The minimum absolute atomic E-state index is 0.0972. The maximum atomic E-state index is 13.0. The second-order valence-electron chi connectivity index (χ2n) is 5.76. The zero-order valence-corrected chi connectivity index (χ0v) is 13.4. The molecule has 6 heteroatoms. The molecule has 130 valence electrons. The van der Waals surface area contributed by atoms with Crippen LogP contribution in [0.1, 0.15) is 30.0 Å². The van der Waals surface area contributed by atoms with Crippen molar-refractivity contribution in [3.05, 3.63) is 77.0 Å². The molecule has 0 fully saturated rings. The number of nitrogens with two attached hydrogens (primary N) is 1. The Bertz CT molecular complexity index is 843. The van der Waals surface area contributed by atoms with Gasteiger partial charge in [-0.25, -0.2) is 0 Å². The third-order valence-corrected chi connectivity index (χ3v) is 4.13. The Morgan fingerprint density at radius 1 is 1.08 bits per heavy atom. The van der Waals surface area contributed by atoms with E-state index in [1.807, 2.05) is 0 Å². The molecule has 1 unspecified atom stereocenters. The molecule has 0 amide bonds. The van der Waals surface area contributed by atoms with Gasteiger partial charge in [0.1, 0.15) is 5.76 Å². The molecule has 2 aromatic rings. The Morgan fingerprint density at radius 3 is 2.36 bits per heavy atom. The van der Waals surface area contributed by atoms with E-state index in [-0.39, 0.29) is 16.9 Å². The number of allylic oxidation sites excluding steroid dienone is 1. The van der Waals surface area contributed by atoms with Crippen LogP contribution in [0.4, 0.5) is 13.2 Å². The molecule has 0 aromatic heterocycles. The highest BCUT2D eigenvalue weighted by molar-refractivity contribution is 6.26. The van der Waals surface area contributed by atoms with Crippen LogP contribution in [0.25, 0.3) is 5.57 Å². The first kappa shape index (κ1) is 17.2. The summed E-state index contributed by atoms with van der Waals surface area (Å²) in [6, 6.07) is 13.1. The van der Waals surface area contributed by atoms with Crippen LogP contribution in [0.5, 0.6) is 0 Å². The van der Waals surface area contributed by atoms with E-state index in [0.717, 1.165) is 12.1 Å². The third kappa shape index (κ3) is 2.93. The molecule has 0 aliphatic carbocycles. The van der Waals surface area contributed by atoms with Crippen molar-refractivity contribution in [3.8, 4) is 0 Å².